The Labute approximate surface area is 94.0 Å². The van der Waals surface area contributed by atoms with E-state index in [-0.39, 0.29) is 11.8 Å². The van der Waals surface area contributed by atoms with Gasteiger partial charge in [-0.1, -0.05) is 11.1 Å². The minimum absolute atomic E-state index is 0.150. The molecule has 16 heavy (non-hydrogen) atoms. The molecule has 0 spiro atoms. The molecule has 2 aliphatic carbocycles. The maximum Gasteiger partial charge on any atom is 0.0458 e. The molecule has 0 aromatic heterocycles. The minimum atomic E-state index is -1.25. The van der Waals surface area contributed by atoms with Crippen LogP contribution in [-0.2, 0) is 9.59 Å². The van der Waals surface area contributed by atoms with Crippen molar-refractivity contribution in [1.82, 2.24) is 0 Å². The van der Waals surface area contributed by atoms with E-state index in [4.69, 9.17) is 0 Å². The second-order valence-electron chi connectivity index (χ2n) is 4.94. The summed E-state index contributed by atoms with van der Waals surface area (Å²) in [5, 5.41) is 22.1. The van der Waals surface area contributed by atoms with E-state index in [9.17, 15) is 19.8 Å². The Morgan fingerprint density at radius 2 is 1.38 bits per heavy atom. The number of hydrogen-bond acceptors (Lipinski definition) is 4. The predicted molar refractivity (Wildman–Crippen MR) is 51.6 cm³/mol. The van der Waals surface area contributed by atoms with Crippen molar-refractivity contribution in [2.24, 2.45) is 23.7 Å². The summed E-state index contributed by atoms with van der Waals surface area (Å²) in [6.45, 7) is 3.81. The van der Waals surface area contributed by atoms with Crippen molar-refractivity contribution in [1.29, 1.82) is 0 Å². The van der Waals surface area contributed by atoms with E-state index in [0.717, 1.165) is 24.0 Å². The zero-order valence-electron chi connectivity index (χ0n) is 9.36. The Kier molecular flexibility index (Phi) is 2.52. The fourth-order valence-electron chi connectivity index (χ4n) is 3.55. The van der Waals surface area contributed by atoms with Crippen molar-refractivity contribution in [3.8, 4) is 0 Å². The molecule has 0 amide bonds. The monoisotopic (exact) mass is 222 g/mol. The first-order chi connectivity index (χ1) is 7.45. The number of allylic oxidation sites excluding steroid dienone is 2. The first-order valence-electron chi connectivity index (χ1n) is 5.54. The second kappa shape index (κ2) is 3.61. The van der Waals surface area contributed by atoms with Crippen molar-refractivity contribution in [2.75, 3.05) is 0 Å². The summed E-state index contributed by atoms with van der Waals surface area (Å²) in [7, 11) is 0. The predicted octanol–water partition coefficient (Wildman–Crippen LogP) is -0.905. The molecule has 2 rings (SSSR count). The van der Waals surface area contributed by atoms with E-state index >= 15 is 0 Å². The third kappa shape index (κ3) is 1.36. The Hall–Kier alpha value is -1.32. The summed E-state index contributed by atoms with van der Waals surface area (Å²) >= 11 is 0. The lowest BCUT2D eigenvalue weighted by atomic mass is 9.79. The number of carbonyl (C=O) groups excluding carboxylic acids is 2. The molecule has 0 saturated heterocycles. The van der Waals surface area contributed by atoms with Gasteiger partial charge >= 0.3 is 0 Å². The van der Waals surface area contributed by atoms with Crippen molar-refractivity contribution in [3.05, 3.63) is 11.1 Å². The number of carboxylic acid groups (broad SMARTS) is 2. The zero-order valence-corrected chi connectivity index (χ0v) is 9.36. The maximum absolute atomic E-state index is 11.0. The number of fused-ring (bicyclic) bond motifs is 2. The fourth-order valence-corrected chi connectivity index (χ4v) is 3.55. The summed E-state index contributed by atoms with van der Waals surface area (Å²) in [5.74, 6) is -4.59. The van der Waals surface area contributed by atoms with Crippen LogP contribution in [0.25, 0.3) is 0 Å². The molecule has 2 aliphatic rings. The highest BCUT2D eigenvalue weighted by Crippen LogP contribution is 2.56. The van der Waals surface area contributed by atoms with E-state index in [1.807, 2.05) is 13.8 Å². The van der Waals surface area contributed by atoms with E-state index in [1.165, 1.54) is 0 Å². The Balaban J connectivity index is 2.46. The largest absolute Gasteiger partial charge is 0.550 e. The van der Waals surface area contributed by atoms with Crippen molar-refractivity contribution in [2.45, 2.75) is 26.7 Å². The highest BCUT2D eigenvalue weighted by atomic mass is 16.4. The molecule has 4 atom stereocenters. The molecule has 2 fully saturated rings. The van der Waals surface area contributed by atoms with Gasteiger partial charge in [0.25, 0.3) is 0 Å². The molecule has 0 radical (unpaired) electrons. The summed E-state index contributed by atoms with van der Waals surface area (Å²) in [5.41, 5.74) is 2.06. The first-order valence-corrected chi connectivity index (χ1v) is 5.54. The van der Waals surface area contributed by atoms with Gasteiger partial charge in [0.1, 0.15) is 0 Å². The van der Waals surface area contributed by atoms with E-state index in [2.05, 4.69) is 0 Å². The first kappa shape index (κ1) is 11.2. The SMILES string of the molecule is CC(C)=C1[C@H]2CC[C@@H]1[C@@H](C(=O)[O-])[C@H]2C(=O)[O-]. The van der Waals surface area contributed by atoms with Gasteiger partial charge in [-0.05, 0) is 38.5 Å². The average Bonchev–Trinajstić information content (AvgIpc) is 2.70. The Morgan fingerprint density at radius 1 is 1.00 bits per heavy atom. The molecular formula is C12H14O4-2. The van der Waals surface area contributed by atoms with E-state index < -0.39 is 23.8 Å². The third-order valence-corrected chi connectivity index (χ3v) is 3.96. The van der Waals surface area contributed by atoms with Gasteiger partial charge in [-0.3, -0.25) is 0 Å². The molecule has 0 aliphatic heterocycles. The lowest BCUT2D eigenvalue weighted by Crippen LogP contribution is -2.46. The van der Waals surface area contributed by atoms with Crippen LogP contribution in [0.1, 0.15) is 26.7 Å². The van der Waals surface area contributed by atoms with E-state index in [0.29, 0.717) is 0 Å². The number of hydrogen-bond donors (Lipinski definition) is 0. The number of aliphatic carboxylic acids is 2. The van der Waals surface area contributed by atoms with E-state index in [1.54, 1.807) is 0 Å². The minimum Gasteiger partial charge on any atom is -0.550 e. The van der Waals surface area contributed by atoms with Crippen LogP contribution in [0.5, 0.6) is 0 Å². The molecule has 0 N–H and O–H groups in total. The average molecular weight is 222 g/mol. The summed E-state index contributed by atoms with van der Waals surface area (Å²) in [6.07, 6.45) is 1.52. The van der Waals surface area contributed by atoms with Crippen LogP contribution in [0.2, 0.25) is 0 Å². The molecule has 2 saturated carbocycles. The van der Waals surface area contributed by atoms with Crippen LogP contribution >= 0.6 is 0 Å². The van der Waals surface area contributed by atoms with Crippen LogP contribution < -0.4 is 10.2 Å². The number of carbonyl (C=O) groups is 2. The van der Waals surface area contributed by atoms with Crippen molar-refractivity contribution >= 4 is 11.9 Å². The van der Waals surface area contributed by atoms with Gasteiger partial charge < -0.3 is 19.8 Å². The smallest absolute Gasteiger partial charge is 0.0458 e. The fraction of sp³-hybridized carbons (Fsp3) is 0.667. The second-order valence-corrected chi connectivity index (χ2v) is 4.94. The van der Waals surface area contributed by atoms with Crippen molar-refractivity contribution in [3.63, 3.8) is 0 Å². The maximum atomic E-state index is 11.0. The molecule has 4 heteroatoms. The van der Waals surface area contributed by atoms with Crippen LogP contribution in [0, 0.1) is 23.7 Å². The lowest BCUT2D eigenvalue weighted by molar-refractivity contribution is -0.328. The van der Waals surface area contributed by atoms with Crippen LogP contribution in [0.15, 0.2) is 11.1 Å². The Morgan fingerprint density at radius 3 is 1.62 bits per heavy atom. The third-order valence-electron chi connectivity index (χ3n) is 3.96. The normalized spacial score (nSPS) is 36.5. The molecule has 4 nitrogen and oxygen atoms in total. The van der Waals surface area contributed by atoms with Crippen molar-refractivity contribution < 1.29 is 19.8 Å². The van der Waals surface area contributed by atoms with Gasteiger partial charge in [0.15, 0.2) is 0 Å². The summed E-state index contributed by atoms with van der Waals surface area (Å²) in [6, 6.07) is 0. The molecule has 0 aromatic rings. The van der Waals surface area contributed by atoms with Gasteiger partial charge in [-0.2, -0.15) is 0 Å². The Bertz CT molecular complexity index is 348. The molecular weight excluding hydrogens is 208 g/mol. The van der Waals surface area contributed by atoms with Crippen LogP contribution in [0.3, 0.4) is 0 Å². The molecule has 0 heterocycles. The summed E-state index contributed by atoms with van der Waals surface area (Å²) in [4.78, 5) is 22.1. The topological polar surface area (TPSA) is 80.3 Å². The van der Waals surface area contributed by atoms with Gasteiger partial charge in [0, 0.05) is 23.8 Å². The highest BCUT2D eigenvalue weighted by Gasteiger charge is 2.52. The zero-order chi connectivity index (χ0) is 12.0. The molecule has 2 bridgehead atoms. The van der Waals surface area contributed by atoms with Gasteiger partial charge in [0.05, 0.1) is 0 Å². The van der Waals surface area contributed by atoms with Gasteiger partial charge in [0.2, 0.25) is 0 Å². The number of rotatable bonds is 2. The molecule has 88 valence electrons. The van der Waals surface area contributed by atoms with Gasteiger partial charge in [-0.25, -0.2) is 0 Å². The number of carboxylic acids is 2. The van der Waals surface area contributed by atoms with Gasteiger partial charge in [-0.15, -0.1) is 0 Å². The highest BCUT2D eigenvalue weighted by molar-refractivity contribution is 5.81. The standard InChI is InChI=1S/C12H16O4/c1-5(2)8-6-3-4-7(8)10(12(15)16)9(6)11(13)14/h6-7,9-10H,3-4H2,1-2H3,(H,13,14)(H,15,16)/p-2/t6-,7+,9+,10-. The summed E-state index contributed by atoms with van der Waals surface area (Å²) < 4.78 is 0. The van der Waals surface area contributed by atoms with Crippen LogP contribution in [0.4, 0.5) is 0 Å². The van der Waals surface area contributed by atoms with Crippen LogP contribution in [-0.4, -0.2) is 11.9 Å². The lowest BCUT2D eigenvalue weighted by Gasteiger charge is -2.31. The molecule has 0 aromatic carbocycles. The quantitative estimate of drug-likeness (QED) is 0.567. The molecule has 0 unspecified atom stereocenters.